The van der Waals surface area contributed by atoms with E-state index in [2.05, 4.69) is 11.4 Å². The average molecular weight is 462 g/mol. The molecule has 0 aliphatic carbocycles. The van der Waals surface area contributed by atoms with E-state index in [4.69, 9.17) is 14.6 Å². The Morgan fingerprint density at radius 3 is 2.97 bits per heavy atom. The first-order chi connectivity index (χ1) is 15.4. The van der Waals surface area contributed by atoms with Crippen LogP contribution in [-0.4, -0.2) is 72.0 Å². The van der Waals surface area contributed by atoms with E-state index in [0.29, 0.717) is 32.4 Å². The van der Waals surface area contributed by atoms with Crippen LogP contribution in [0.5, 0.6) is 5.75 Å². The number of aliphatic hydroxyl groups is 2. The molecule has 2 aliphatic heterocycles. The Kier molecular flexibility index (Phi) is 8.39. The number of benzene rings is 1. The number of aryl methyl sites for hydroxylation is 1. The Morgan fingerprint density at radius 2 is 2.25 bits per heavy atom. The molecule has 0 aromatic heterocycles. The standard InChI is InChI=1S/C22H27N3O6S/c1-30-16-4-2-3-14(9-16)5-6-20(28)24-21-18(10-23)17-7-8-25(11-19(17)32-21)22(29)31-13-15(27)12-26/h2-4,9,15,18,21,26-27H,5-8,11-13H2,1H3,(H,24,28). The summed E-state index contributed by atoms with van der Waals surface area (Å²) in [5.41, 5.74) is 1.95. The van der Waals surface area contributed by atoms with Crippen LogP contribution in [-0.2, 0) is 16.0 Å². The quantitative estimate of drug-likeness (QED) is 0.529. The summed E-state index contributed by atoms with van der Waals surface area (Å²) < 4.78 is 10.2. The first-order valence-corrected chi connectivity index (χ1v) is 11.2. The summed E-state index contributed by atoms with van der Waals surface area (Å²) in [6, 6.07) is 9.85. The number of carbonyl (C=O) groups excluding carboxylic acids is 2. The number of ether oxygens (including phenoxy) is 2. The van der Waals surface area contributed by atoms with Gasteiger partial charge in [-0.2, -0.15) is 5.26 Å². The van der Waals surface area contributed by atoms with Crippen molar-refractivity contribution in [1.29, 1.82) is 5.26 Å². The first kappa shape index (κ1) is 23.9. The molecule has 2 aliphatic rings. The van der Waals surface area contributed by atoms with E-state index in [1.165, 1.54) is 16.7 Å². The third-order valence-electron chi connectivity index (χ3n) is 5.38. The zero-order valence-corrected chi connectivity index (χ0v) is 18.6. The predicted molar refractivity (Wildman–Crippen MR) is 118 cm³/mol. The van der Waals surface area contributed by atoms with Gasteiger partial charge in [0, 0.05) is 17.9 Å². The van der Waals surface area contributed by atoms with E-state index < -0.39 is 30.1 Å². The maximum atomic E-state index is 12.5. The number of hydrogen-bond donors (Lipinski definition) is 3. The van der Waals surface area contributed by atoms with Gasteiger partial charge in [0.15, 0.2) is 0 Å². The van der Waals surface area contributed by atoms with Gasteiger partial charge in [-0.3, -0.25) is 4.79 Å². The highest BCUT2D eigenvalue weighted by Crippen LogP contribution is 2.44. The minimum atomic E-state index is -1.11. The lowest BCUT2D eigenvalue weighted by Crippen LogP contribution is -2.38. The Labute approximate surface area is 191 Å². The second-order valence-corrected chi connectivity index (χ2v) is 8.83. The third-order valence-corrected chi connectivity index (χ3v) is 6.70. The number of thioether (sulfide) groups is 1. The topological polar surface area (TPSA) is 132 Å². The van der Waals surface area contributed by atoms with Gasteiger partial charge >= 0.3 is 6.09 Å². The zero-order chi connectivity index (χ0) is 23.1. The first-order valence-electron chi connectivity index (χ1n) is 10.4. The molecule has 32 heavy (non-hydrogen) atoms. The fourth-order valence-corrected chi connectivity index (χ4v) is 5.11. The normalized spacial score (nSPS) is 20.9. The van der Waals surface area contributed by atoms with Gasteiger partial charge in [0.25, 0.3) is 0 Å². The number of methoxy groups -OCH3 is 1. The molecule has 2 heterocycles. The summed E-state index contributed by atoms with van der Waals surface area (Å²) in [5.74, 6) is 0.162. The molecule has 1 aromatic carbocycles. The summed E-state index contributed by atoms with van der Waals surface area (Å²) >= 11 is 1.40. The highest BCUT2D eigenvalue weighted by molar-refractivity contribution is 8.04. The minimum Gasteiger partial charge on any atom is -0.497 e. The summed E-state index contributed by atoms with van der Waals surface area (Å²) in [6.07, 6.45) is -0.320. The van der Waals surface area contributed by atoms with Crippen LogP contribution in [0.1, 0.15) is 18.4 Å². The molecule has 3 atom stereocenters. The van der Waals surface area contributed by atoms with Gasteiger partial charge in [0.1, 0.15) is 18.5 Å². The molecule has 9 nitrogen and oxygen atoms in total. The van der Waals surface area contributed by atoms with Crippen LogP contribution in [0.4, 0.5) is 4.79 Å². The Morgan fingerprint density at radius 1 is 1.44 bits per heavy atom. The number of carbonyl (C=O) groups is 2. The van der Waals surface area contributed by atoms with Crippen LogP contribution in [0.2, 0.25) is 0 Å². The van der Waals surface area contributed by atoms with Crippen LogP contribution < -0.4 is 10.1 Å². The number of nitrogens with one attached hydrogen (secondary N) is 1. The molecule has 1 aromatic rings. The molecule has 0 spiro atoms. The van der Waals surface area contributed by atoms with E-state index >= 15 is 0 Å². The summed E-state index contributed by atoms with van der Waals surface area (Å²) in [4.78, 5) is 27.1. The van der Waals surface area contributed by atoms with E-state index in [0.717, 1.165) is 21.8 Å². The van der Waals surface area contributed by atoms with Crippen molar-refractivity contribution >= 4 is 23.8 Å². The molecule has 3 unspecified atom stereocenters. The van der Waals surface area contributed by atoms with E-state index in [9.17, 15) is 20.0 Å². The molecule has 10 heteroatoms. The van der Waals surface area contributed by atoms with Gasteiger partial charge in [0.05, 0.1) is 37.6 Å². The van der Waals surface area contributed by atoms with Crippen molar-refractivity contribution in [2.45, 2.75) is 30.7 Å². The van der Waals surface area contributed by atoms with E-state index in [1.54, 1.807) is 7.11 Å². The molecular formula is C22H27N3O6S. The van der Waals surface area contributed by atoms with Crippen molar-refractivity contribution in [3.63, 3.8) is 0 Å². The number of aliphatic hydroxyl groups excluding tert-OH is 2. The van der Waals surface area contributed by atoms with Crippen molar-refractivity contribution < 1.29 is 29.3 Å². The number of rotatable bonds is 8. The van der Waals surface area contributed by atoms with E-state index in [-0.39, 0.29) is 12.5 Å². The Bertz CT molecular complexity index is 915. The number of nitrogens with zero attached hydrogens (tertiary/aromatic N) is 2. The highest BCUT2D eigenvalue weighted by atomic mass is 32.2. The molecule has 2 amide bonds. The van der Waals surface area contributed by atoms with Crippen LogP contribution in [0.3, 0.4) is 0 Å². The lowest BCUT2D eigenvalue weighted by Gasteiger charge is -2.27. The maximum absolute atomic E-state index is 12.5. The fraction of sp³-hybridized carbons (Fsp3) is 0.500. The number of amides is 2. The lowest BCUT2D eigenvalue weighted by molar-refractivity contribution is -0.121. The van der Waals surface area contributed by atoms with E-state index in [1.807, 2.05) is 24.3 Å². The molecule has 0 radical (unpaired) electrons. The SMILES string of the molecule is COc1cccc(CCC(=O)NC2SC3=C(CCN(C(=O)OCC(O)CO)C3)C2C#N)c1. The van der Waals surface area contributed by atoms with Gasteiger partial charge < -0.3 is 29.9 Å². The molecule has 0 bridgehead atoms. The maximum Gasteiger partial charge on any atom is 0.410 e. The Hall–Kier alpha value is -2.74. The van der Waals surface area contributed by atoms with Crippen LogP contribution in [0, 0.1) is 17.2 Å². The van der Waals surface area contributed by atoms with Crippen LogP contribution in [0.25, 0.3) is 0 Å². The summed E-state index contributed by atoms with van der Waals surface area (Å²) in [6.45, 7) is -0.0797. The summed E-state index contributed by atoms with van der Waals surface area (Å²) in [5, 5.41) is 30.4. The highest BCUT2D eigenvalue weighted by Gasteiger charge is 2.40. The number of nitriles is 1. The van der Waals surface area contributed by atoms with Crippen molar-refractivity contribution in [2.24, 2.45) is 5.92 Å². The largest absolute Gasteiger partial charge is 0.497 e. The lowest BCUT2D eigenvalue weighted by atomic mass is 9.94. The molecule has 3 N–H and O–H groups in total. The van der Waals surface area contributed by atoms with Gasteiger partial charge in [-0.25, -0.2) is 4.79 Å². The zero-order valence-electron chi connectivity index (χ0n) is 17.8. The molecular weight excluding hydrogens is 434 g/mol. The fourth-order valence-electron chi connectivity index (χ4n) is 3.64. The summed E-state index contributed by atoms with van der Waals surface area (Å²) in [7, 11) is 1.60. The minimum absolute atomic E-state index is 0.139. The van der Waals surface area contributed by atoms with Gasteiger partial charge in [-0.1, -0.05) is 12.1 Å². The van der Waals surface area contributed by atoms with Crippen molar-refractivity contribution in [3.8, 4) is 11.8 Å². The molecule has 3 rings (SSSR count). The smallest absolute Gasteiger partial charge is 0.410 e. The molecule has 172 valence electrons. The van der Waals surface area contributed by atoms with Crippen LogP contribution >= 0.6 is 11.8 Å². The average Bonchev–Trinajstić information content (AvgIpc) is 3.16. The molecule has 0 saturated heterocycles. The third kappa shape index (κ3) is 5.94. The van der Waals surface area contributed by atoms with Crippen molar-refractivity contribution in [1.82, 2.24) is 10.2 Å². The van der Waals surface area contributed by atoms with Crippen molar-refractivity contribution in [2.75, 3.05) is 33.4 Å². The predicted octanol–water partition coefficient (Wildman–Crippen LogP) is 1.41. The van der Waals surface area contributed by atoms with Crippen LogP contribution in [0.15, 0.2) is 34.7 Å². The monoisotopic (exact) mass is 461 g/mol. The van der Waals surface area contributed by atoms with Gasteiger partial charge in [0.2, 0.25) is 5.91 Å². The molecule has 0 saturated carbocycles. The second-order valence-electron chi connectivity index (χ2n) is 7.60. The van der Waals surface area contributed by atoms with Gasteiger partial charge in [-0.05, 0) is 36.1 Å². The van der Waals surface area contributed by atoms with Gasteiger partial charge in [-0.15, -0.1) is 11.8 Å². The second kappa shape index (κ2) is 11.2. The molecule has 0 fully saturated rings. The number of hydrogen-bond acceptors (Lipinski definition) is 8. The Balaban J connectivity index is 1.53. The van der Waals surface area contributed by atoms with Crippen molar-refractivity contribution in [3.05, 3.63) is 40.3 Å².